The van der Waals surface area contributed by atoms with Crippen LogP contribution in [-0.4, -0.2) is 31.4 Å². The Hall–Kier alpha value is -2.88. The van der Waals surface area contributed by atoms with E-state index in [1.807, 2.05) is 80.1 Å². The van der Waals surface area contributed by atoms with E-state index < -0.39 is 0 Å². The summed E-state index contributed by atoms with van der Waals surface area (Å²) in [7, 11) is 0. The van der Waals surface area contributed by atoms with Crippen LogP contribution in [0.1, 0.15) is 36.9 Å². The van der Waals surface area contributed by atoms with Crippen molar-refractivity contribution in [2.45, 2.75) is 45.5 Å². The molecule has 0 saturated heterocycles. The fourth-order valence-electron chi connectivity index (χ4n) is 3.42. The van der Waals surface area contributed by atoms with Crippen LogP contribution in [0.5, 0.6) is 5.75 Å². The van der Waals surface area contributed by atoms with Gasteiger partial charge in [0.15, 0.2) is 22.2 Å². The first-order valence-electron chi connectivity index (χ1n) is 11.1. The lowest BCUT2D eigenvalue weighted by molar-refractivity contribution is -0.113. The van der Waals surface area contributed by atoms with Crippen molar-refractivity contribution >= 4 is 45.7 Å². The molecule has 0 aliphatic rings. The number of halogens is 1. The van der Waals surface area contributed by atoms with Gasteiger partial charge in [0.2, 0.25) is 5.91 Å². The summed E-state index contributed by atoms with van der Waals surface area (Å²) in [6.45, 7) is 8.59. The molecule has 1 unspecified atom stereocenters. The summed E-state index contributed by atoms with van der Waals surface area (Å²) >= 11 is 9.01. The van der Waals surface area contributed by atoms with Crippen molar-refractivity contribution in [2.75, 3.05) is 11.1 Å². The van der Waals surface area contributed by atoms with Crippen LogP contribution in [-0.2, 0) is 11.3 Å². The number of amides is 1. The maximum absolute atomic E-state index is 12.6. The monoisotopic (exact) mass is 527 g/mol. The molecule has 4 aromatic rings. The van der Waals surface area contributed by atoms with Gasteiger partial charge in [0.1, 0.15) is 5.75 Å². The van der Waals surface area contributed by atoms with Crippen molar-refractivity contribution in [3.63, 3.8) is 0 Å². The first-order chi connectivity index (χ1) is 16.8. The van der Waals surface area contributed by atoms with E-state index in [9.17, 15) is 4.79 Å². The van der Waals surface area contributed by atoms with Gasteiger partial charge in [-0.05, 0) is 45.4 Å². The zero-order valence-corrected chi connectivity index (χ0v) is 22.3. The largest absolute Gasteiger partial charge is 0.481 e. The molecule has 0 saturated carbocycles. The minimum absolute atomic E-state index is 0.150. The predicted octanol–water partition coefficient (Wildman–Crippen LogP) is 6.56. The highest BCUT2D eigenvalue weighted by atomic mass is 35.5. The minimum Gasteiger partial charge on any atom is -0.481 e. The van der Waals surface area contributed by atoms with Crippen LogP contribution in [0.15, 0.2) is 53.0 Å². The van der Waals surface area contributed by atoms with Crippen molar-refractivity contribution in [2.24, 2.45) is 0 Å². The van der Waals surface area contributed by atoms with Crippen LogP contribution < -0.4 is 10.1 Å². The average molecular weight is 528 g/mol. The standard InChI is InChI=1S/C25H26ClN5O2S2/c1-5-31-23(17(4)33-21-12-16(3)8-11-19(21)26)29-30-25(31)35-14-22(32)28-24-27-20(13-34-24)18-9-6-15(2)7-10-18/h6-13,17H,5,14H2,1-4H3,(H,27,28,32). The number of ether oxygens (including phenoxy) is 1. The molecule has 1 N–H and O–H groups in total. The summed E-state index contributed by atoms with van der Waals surface area (Å²) in [5.74, 6) is 1.32. The van der Waals surface area contributed by atoms with Gasteiger partial charge in [-0.1, -0.05) is 59.3 Å². The number of hydrogen-bond acceptors (Lipinski definition) is 7. The zero-order chi connectivity index (χ0) is 24.9. The van der Waals surface area contributed by atoms with E-state index in [4.69, 9.17) is 16.3 Å². The molecule has 0 fully saturated rings. The van der Waals surface area contributed by atoms with E-state index in [-0.39, 0.29) is 17.8 Å². The molecular formula is C25H26ClN5O2S2. The molecule has 2 heterocycles. The Kier molecular flexibility index (Phi) is 8.10. The number of nitrogens with one attached hydrogen (secondary N) is 1. The van der Waals surface area contributed by atoms with E-state index in [0.717, 1.165) is 16.8 Å². The third-order valence-corrected chi connectivity index (χ3v) is 7.28. The summed E-state index contributed by atoms with van der Waals surface area (Å²) in [6.07, 6.45) is -0.361. The lowest BCUT2D eigenvalue weighted by atomic mass is 10.1. The Morgan fingerprint density at radius 1 is 1.17 bits per heavy atom. The Morgan fingerprint density at radius 3 is 2.66 bits per heavy atom. The van der Waals surface area contributed by atoms with E-state index in [1.54, 1.807) is 0 Å². The Labute approximate surface area is 217 Å². The molecule has 1 atom stereocenters. The fourth-order valence-corrected chi connectivity index (χ4v) is 5.13. The molecular weight excluding hydrogens is 502 g/mol. The number of aryl methyl sites for hydroxylation is 2. The Bertz CT molecular complexity index is 1320. The van der Waals surface area contributed by atoms with Crippen molar-refractivity contribution in [3.05, 3.63) is 69.8 Å². The number of rotatable bonds is 9. The number of thioether (sulfide) groups is 1. The van der Waals surface area contributed by atoms with Crippen LogP contribution in [0.4, 0.5) is 5.13 Å². The number of carbonyl (C=O) groups excluding carboxylic acids is 1. The summed E-state index contributed by atoms with van der Waals surface area (Å²) in [5, 5.41) is 15.2. The van der Waals surface area contributed by atoms with Gasteiger partial charge in [0.05, 0.1) is 16.5 Å². The van der Waals surface area contributed by atoms with Gasteiger partial charge in [-0.25, -0.2) is 4.98 Å². The first kappa shape index (κ1) is 25.2. The van der Waals surface area contributed by atoms with Gasteiger partial charge in [-0.3, -0.25) is 4.79 Å². The molecule has 0 aliphatic carbocycles. The lowest BCUT2D eigenvalue weighted by Crippen LogP contribution is -2.15. The second kappa shape index (κ2) is 11.2. The number of anilines is 1. The molecule has 10 heteroatoms. The number of benzene rings is 2. The van der Waals surface area contributed by atoms with Gasteiger partial charge < -0.3 is 14.6 Å². The normalized spacial score (nSPS) is 11.9. The van der Waals surface area contributed by atoms with Gasteiger partial charge in [0, 0.05) is 17.5 Å². The second-order valence-electron chi connectivity index (χ2n) is 8.02. The number of hydrogen-bond donors (Lipinski definition) is 1. The third-order valence-electron chi connectivity index (χ3n) is 5.25. The summed E-state index contributed by atoms with van der Waals surface area (Å²) < 4.78 is 8.02. The van der Waals surface area contributed by atoms with Crippen molar-refractivity contribution in [3.8, 4) is 17.0 Å². The molecule has 2 aromatic heterocycles. The molecule has 0 spiro atoms. The summed E-state index contributed by atoms with van der Waals surface area (Å²) in [6, 6.07) is 13.8. The quantitative estimate of drug-likeness (QED) is 0.248. The molecule has 0 bridgehead atoms. The topological polar surface area (TPSA) is 81.9 Å². The van der Waals surface area contributed by atoms with Crippen LogP contribution in [0.3, 0.4) is 0 Å². The minimum atomic E-state index is -0.361. The van der Waals surface area contributed by atoms with E-state index in [0.29, 0.717) is 33.4 Å². The molecule has 0 radical (unpaired) electrons. The average Bonchev–Trinajstić information content (AvgIpc) is 3.47. The number of nitrogens with zero attached hydrogens (tertiary/aromatic N) is 4. The Balaban J connectivity index is 1.37. The summed E-state index contributed by atoms with van der Waals surface area (Å²) in [4.78, 5) is 17.1. The van der Waals surface area contributed by atoms with Gasteiger partial charge in [-0.2, -0.15) is 0 Å². The van der Waals surface area contributed by atoms with E-state index in [1.165, 1.54) is 28.7 Å². The molecule has 0 aliphatic heterocycles. The van der Waals surface area contributed by atoms with Gasteiger partial charge >= 0.3 is 0 Å². The number of thiazole rings is 1. The van der Waals surface area contributed by atoms with Crippen LogP contribution >= 0.6 is 34.7 Å². The van der Waals surface area contributed by atoms with Crippen molar-refractivity contribution in [1.29, 1.82) is 0 Å². The smallest absolute Gasteiger partial charge is 0.236 e. The molecule has 182 valence electrons. The maximum Gasteiger partial charge on any atom is 0.236 e. The summed E-state index contributed by atoms with van der Waals surface area (Å²) in [5.41, 5.74) is 4.11. The van der Waals surface area contributed by atoms with Gasteiger partial charge in [-0.15, -0.1) is 21.5 Å². The van der Waals surface area contributed by atoms with Gasteiger partial charge in [0.25, 0.3) is 0 Å². The highest BCUT2D eigenvalue weighted by Gasteiger charge is 2.20. The van der Waals surface area contributed by atoms with Crippen LogP contribution in [0, 0.1) is 13.8 Å². The molecule has 1 amide bonds. The van der Waals surface area contributed by atoms with Crippen molar-refractivity contribution < 1.29 is 9.53 Å². The second-order valence-corrected chi connectivity index (χ2v) is 10.2. The number of aromatic nitrogens is 4. The lowest BCUT2D eigenvalue weighted by Gasteiger charge is -2.16. The molecule has 4 rings (SSSR count). The van der Waals surface area contributed by atoms with Crippen molar-refractivity contribution in [1.82, 2.24) is 19.7 Å². The first-order valence-corrected chi connectivity index (χ1v) is 13.4. The molecule has 2 aromatic carbocycles. The van der Waals surface area contributed by atoms with E-state index >= 15 is 0 Å². The van der Waals surface area contributed by atoms with Crippen LogP contribution in [0.25, 0.3) is 11.3 Å². The van der Waals surface area contributed by atoms with Crippen LogP contribution in [0.2, 0.25) is 5.02 Å². The Morgan fingerprint density at radius 2 is 1.91 bits per heavy atom. The third kappa shape index (κ3) is 6.22. The predicted molar refractivity (Wildman–Crippen MR) is 143 cm³/mol. The SMILES string of the molecule is CCn1c(SCC(=O)Nc2nc(-c3ccc(C)cc3)cs2)nnc1C(C)Oc1cc(C)ccc1Cl. The maximum atomic E-state index is 12.6. The fraction of sp³-hybridized carbons (Fsp3) is 0.280. The number of carbonyl (C=O) groups is 1. The molecule has 35 heavy (non-hydrogen) atoms. The zero-order valence-electron chi connectivity index (χ0n) is 19.9. The highest BCUT2D eigenvalue weighted by Crippen LogP contribution is 2.31. The highest BCUT2D eigenvalue weighted by molar-refractivity contribution is 7.99. The molecule has 7 nitrogen and oxygen atoms in total. The van der Waals surface area contributed by atoms with E-state index in [2.05, 4.69) is 20.5 Å².